The Kier molecular flexibility index (Phi) is 6.74. The SMILES string of the molecule is CNCC(COCc1ccccc1)Cc1ccc(Cl)cc1. The van der Waals surface area contributed by atoms with Gasteiger partial charge in [-0.15, -0.1) is 0 Å². The number of benzene rings is 2. The summed E-state index contributed by atoms with van der Waals surface area (Å²) in [7, 11) is 1.98. The van der Waals surface area contributed by atoms with E-state index in [0.717, 1.165) is 24.6 Å². The lowest BCUT2D eigenvalue weighted by Crippen LogP contribution is -2.25. The third kappa shape index (κ3) is 5.88. The van der Waals surface area contributed by atoms with E-state index in [9.17, 15) is 0 Å². The minimum absolute atomic E-state index is 0.458. The molecular formula is C18H22ClNO. The quantitative estimate of drug-likeness (QED) is 0.797. The molecule has 1 unspecified atom stereocenters. The van der Waals surface area contributed by atoms with Gasteiger partial charge in [0.25, 0.3) is 0 Å². The van der Waals surface area contributed by atoms with Crippen LogP contribution in [0.15, 0.2) is 54.6 Å². The number of halogens is 1. The molecule has 0 heterocycles. The molecule has 2 rings (SSSR count). The molecule has 1 N–H and O–H groups in total. The van der Waals surface area contributed by atoms with Crippen LogP contribution in [-0.2, 0) is 17.8 Å². The maximum absolute atomic E-state index is 5.92. The summed E-state index contributed by atoms with van der Waals surface area (Å²) in [6, 6.07) is 18.3. The van der Waals surface area contributed by atoms with Crippen molar-refractivity contribution >= 4 is 11.6 Å². The Labute approximate surface area is 132 Å². The summed E-state index contributed by atoms with van der Waals surface area (Å²) in [6.45, 7) is 2.36. The van der Waals surface area contributed by atoms with Crippen LogP contribution in [0.2, 0.25) is 5.02 Å². The molecule has 2 aromatic carbocycles. The van der Waals surface area contributed by atoms with Crippen LogP contribution in [0.4, 0.5) is 0 Å². The van der Waals surface area contributed by atoms with Crippen LogP contribution in [0.5, 0.6) is 0 Å². The van der Waals surface area contributed by atoms with E-state index in [-0.39, 0.29) is 0 Å². The first-order valence-corrected chi connectivity index (χ1v) is 7.66. The number of hydrogen-bond donors (Lipinski definition) is 1. The molecule has 3 heteroatoms. The summed E-state index contributed by atoms with van der Waals surface area (Å²) in [4.78, 5) is 0. The summed E-state index contributed by atoms with van der Waals surface area (Å²) in [5.41, 5.74) is 2.51. The molecule has 112 valence electrons. The van der Waals surface area contributed by atoms with E-state index < -0.39 is 0 Å². The Morgan fingerprint density at radius 1 is 1.00 bits per heavy atom. The van der Waals surface area contributed by atoms with Crippen LogP contribution in [-0.4, -0.2) is 20.2 Å². The van der Waals surface area contributed by atoms with E-state index in [2.05, 4.69) is 29.6 Å². The lowest BCUT2D eigenvalue weighted by atomic mass is 10.00. The average Bonchev–Trinajstić information content (AvgIpc) is 2.51. The Hall–Kier alpha value is -1.35. The molecule has 0 fully saturated rings. The van der Waals surface area contributed by atoms with Crippen molar-refractivity contribution < 1.29 is 4.74 Å². The van der Waals surface area contributed by atoms with Gasteiger partial charge < -0.3 is 10.1 Å². The summed E-state index contributed by atoms with van der Waals surface area (Å²) in [6.07, 6.45) is 0.993. The third-order valence-electron chi connectivity index (χ3n) is 3.40. The standard InChI is InChI=1S/C18H22ClNO/c1-20-12-17(11-15-7-9-18(19)10-8-15)14-21-13-16-5-3-2-4-6-16/h2-10,17,20H,11-14H2,1H3. The maximum atomic E-state index is 5.92. The van der Waals surface area contributed by atoms with Gasteiger partial charge in [-0.1, -0.05) is 54.1 Å². The van der Waals surface area contributed by atoms with Crippen LogP contribution in [0.3, 0.4) is 0 Å². The van der Waals surface area contributed by atoms with Crippen LogP contribution in [0, 0.1) is 5.92 Å². The van der Waals surface area contributed by atoms with Crippen LogP contribution in [0.1, 0.15) is 11.1 Å². The highest BCUT2D eigenvalue weighted by Crippen LogP contribution is 2.14. The van der Waals surface area contributed by atoms with Gasteiger partial charge in [0.15, 0.2) is 0 Å². The van der Waals surface area contributed by atoms with E-state index in [1.807, 2.05) is 37.4 Å². The fourth-order valence-corrected chi connectivity index (χ4v) is 2.48. The number of hydrogen-bond acceptors (Lipinski definition) is 2. The van der Waals surface area contributed by atoms with Gasteiger partial charge in [0.2, 0.25) is 0 Å². The van der Waals surface area contributed by atoms with Crippen molar-refractivity contribution in [3.05, 3.63) is 70.7 Å². The van der Waals surface area contributed by atoms with Crippen molar-refractivity contribution in [1.29, 1.82) is 0 Å². The van der Waals surface area contributed by atoms with E-state index >= 15 is 0 Å². The molecule has 0 aliphatic rings. The van der Waals surface area contributed by atoms with Crippen LogP contribution < -0.4 is 5.32 Å². The fourth-order valence-electron chi connectivity index (χ4n) is 2.35. The largest absolute Gasteiger partial charge is 0.376 e. The number of nitrogens with one attached hydrogen (secondary N) is 1. The normalized spacial score (nSPS) is 12.3. The number of rotatable bonds is 8. The molecule has 2 aromatic rings. The van der Waals surface area contributed by atoms with Gasteiger partial charge in [0.05, 0.1) is 13.2 Å². The topological polar surface area (TPSA) is 21.3 Å². The minimum Gasteiger partial charge on any atom is -0.376 e. The first kappa shape index (κ1) is 16.0. The molecular weight excluding hydrogens is 282 g/mol. The van der Waals surface area contributed by atoms with Crippen molar-refractivity contribution in [2.45, 2.75) is 13.0 Å². The van der Waals surface area contributed by atoms with E-state index in [1.54, 1.807) is 0 Å². The molecule has 0 spiro atoms. The second-order valence-electron chi connectivity index (χ2n) is 5.26. The van der Waals surface area contributed by atoms with Gasteiger partial charge in [-0.05, 0) is 42.6 Å². The van der Waals surface area contributed by atoms with E-state index in [4.69, 9.17) is 16.3 Å². The van der Waals surface area contributed by atoms with E-state index in [0.29, 0.717) is 12.5 Å². The molecule has 0 aromatic heterocycles. The Bertz CT molecular complexity index is 513. The van der Waals surface area contributed by atoms with Gasteiger partial charge >= 0.3 is 0 Å². The zero-order chi connectivity index (χ0) is 14.9. The van der Waals surface area contributed by atoms with Crippen molar-refractivity contribution in [2.75, 3.05) is 20.2 Å². The van der Waals surface area contributed by atoms with Gasteiger partial charge in [-0.2, -0.15) is 0 Å². The summed E-state index contributed by atoms with van der Waals surface area (Å²) < 4.78 is 5.86. The molecule has 1 atom stereocenters. The Morgan fingerprint density at radius 2 is 1.71 bits per heavy atom. The molecule has 0 saturated heterocycles. The molecule has 0 radical (unpaired) electrons. The second-order valence-corrected chi connectivity index (χ2v) is 5.69. The van der Waals surface area contributed by atoms with Crippen LogP contribution >= 0.6 is 11.6 Å². The van der Waals surface area contributed by atoms with Gasteiger partial charge in [0.1, 0.15) is 0 Å². The second kappa shape index (κ2) is 8.83. The van der Waals surface area contributed by atoms with Gasteiger partial charge in [-0.25, -0.2) is 0 Å². The molecule has 2 nitrogen and oxygen atoms in total. The predicted molar refractivity (Wildman–Crippen MR) is 88.7 cm³/mol. The highest BCUT2D eigenvalue weighted by atomic mass is 35.5. The third-order valence-corrected chi connectivity index (χ3v) is 3.65. The van der Waals surface area contributed by atoms with Crippen molar-refractivity contribution in [3.8, 4) is 0 Å². The molecule has 0 saturated carbocycles. The smallest absolute Gasteiger partial charge is 0.0717 e. The zero-order valence-electron chi connectivity index (χ0n) is 12.4. The molecule has 0 aliphatic heterocycles. The van der Waals surface area contributed by atoms with Gasteiger partial charge in [0, 0.05) is 11.6 Å². The maximum Gasteiger partial charge on any atom is 0.0717 e. The monoisotopic (exact) mass is 303 g/mol. The Morgan fingerprint density at radius 3 is 2.38 bits per heavy atom. The first-order valence-electron chi connectivity index (χ1n) is 7.28. The number of ether oxygens (including phenoxy) is 1. The lowest BCUT2D eigenvalue weighted by Gasteiger charge is -2.17. The molecule has 21 heavy (non-hydrogen) atoms. The highest BCUT2D eigenvalue weighted by molar-refractivity contribution is 6.30. The summed E-state index contributed by atoms with van der Waals surface area (Å²) >= 11 is 5.92. The summed E-state index contributed by atoms with van der Waals surface area (Å²) in [5.74, 6) is 0.458. The van der Waals surface area contributed by atoms with Gasteiger partial charge in [-0.3, -0.25) is 0 Å². The Balaban J connectivity index is 1.82. The molecule has 0 aliphatic carbocycles. The minimum atomic E-state index is 0.458. The summed E-state index contributed by atoms with van der Waals surface area (Å²) in [5, 5.41) is 4.02. The van der Waals surface area contributed by atoms with Crippen molar-refractivity contribution in [2.24, 2.45) is 5.92 Å². The molecule has 0 bridgehead atoms. The van der Waals surface area contributed by atoms with Crippen LogP contribution in [0.25, 0.3) is 0 Å². The lowest BCUT2D eigenvalue weighted by molar-refractivity contribution is 0.0871. The van der Waals surface area contributed by atoms with E-state index in [1.165, 1.54) is 11.1 Å². The van der Waals surface area contributed by atoms with Crippen molar-refractivity contribution in [3.63, 3.8) is 0 Å². The predicted octanol–water partition coefficient (Wildman–Crippen LogP) is 3.93. The molecule has 0 amide bonds. The first-order chi connectivity index (χ1) is 10.3. The van der Waals surface area contributed by atoms with Crippen molar-refractivity contribution in [1.82, 2.24) is 5.32 Å². The fraction of sp³-hybridized carbons (Fsp3) is 0.333. The zero-order valence-corrected chi connectivity index (χ0v) is 13.1. The average molecular weight is 304 g/mol. The highest BCUT2D eigenvalue weighted by Gasteiger charge is 2.09.